The first-order valence-corrected chi connectivity index (χ1v) is 10.0. The summed E-state index contributed by atoms with van der Waals surface area (Å²) in [4.78, 5) is 12.8. The fourth-order valence-electron chi connectivity index (χ4n) is 2.79. The van der Waals surface area contributed by atoms with Crippen molar-refractivity contribution in [2.75, 3.05) is 18.6 Å². The van der Waals surface area contributed by atoms with E-state index in [1.807, 2.05) is 6.26 Å². The maximum Gasteiger partial charge on any atom is 0.257 e. The number of aliphatic hydroxyl groups is 1. The van der Waals surface area contributed by atoms with Crippen molar-refractivity contribution >= 4 is 17.7 Å². The van der Waals surface area contributed by atoms with Gasteiger partial charge in [0.2, 0.25) is 0 Å². The summed E-state index contributed by atoms with van der Waals surface area (Å²) in [7, 11) is 0. The number of hydrogen-bond acceptors (Lipinski definition) is 4. The van der Waals surface area contributed by atoms with E-state index in [1.54, 1.807) is 40.9 Å². The molecule has 0 aliphatic heterocycles. The molecule has 3 aromatic rings. The molecule has 0 aliphatic carbocycles. The van der Waals surface area contributed by atoms with Crippen molar-refractivity contribution < 1.29 is 18.7 Å². The van der Waals surface area contributed by atoms with Crippen molar-refractivity contribution in [3.8, 4) is 11.5 Å². The van der Waals surface area contributed by atoms with Gasteiger partial charge in [-0.05, 0) is 42.7 Å². The monoisotopic (exact) mass is 406 g/mol. The van der Waals surface area contributed by atoms with Crippen molar-refractivity contribution in [2.24, 2.45) is 0 Å². The van der Waals surface area contributed by atoms with E-state index in [4.69, 9.17) is 0 Å². The molecule has 2 heterocycles. The zero-order valence-electron chi connectivity index (χ0n) is 15.2. The molecule has 28 heavy (non-hydrogen) atoms. The maximum absolute atomic E-state index is 14.3. The highest BCUT2D eigenvalue weighted by Gasteiger charge is 2.23. The van der Waals surface area contributed by atoms with Crippen molar-refractivity contribution in [3.05, 3.63) is 66.1 Å². The predicted molar refractivity (Wildman–Crippen MR) is 104 cm³/mol. The van der Waals surface area contributed by atoms with Crippen LogP contribution in [0.5, 0.6) is 0 Å². The van der Waals surface area contributed by atoms with Crippen LogP contribution in [-0.4, -0.2) is 50.0 Å². The molecule has 0 spiro atoms. The van der Waals surface area contributed by atoms with Gasteiger partial charge in [0.05, 0.1) is 18.8 Å². The number of halogens is 2. The number of nitrogens with zero attached hydrogens (tertiary/aromatic N) is 3. The molecule has 6 nitrogen and oxygen atoms in total. The van der Waals surface area contributed by atoms with E-state index in [0.717, 1.165) is 17.9 Å². The molecule has 1 aromatic carbocycles. The summed E-state index contributed by atoms with van der Waals surface area (Å²) >= 11 is 1.62. The number of carbonyl (C=O) groups is 1. The topological polar surface area (TPSA) is 72.1 Å². The quantitative estimate of drug-likeness (QED) is 0.604. The van der Waals surface area contributed by atoms with Crippen LogP contribution in [0.4, 0.5) is 8.78 Å². The lowest BCUT2D eigenvalue weighted by Crippen LogP contribution is -2.38. The summed E-state index contributed by atoms with van der Waals surface area (Å²) in [6.45, 7) is -0.189. The number of aliphatic hydroxyl groups excluding tert-OH is 1. The van der Waals surface area contributed by atoms with E-state index in [1.165, 1.54) is 16.9 Å². The molecular weight excluding hydrogens is 386 g/mol. The first kappa shape index (κ1) is 20.1. The molecule has 1 atom stereocenters. The molecule has 9 heteroatoms. The summed E-state index contributed by atoms with van der Waals surface area (Å²) in [6, 6.07) is 6.28. The second-order valence-corrected chi connectivity index (χ2v) is 7.10. The van der Waals surface area contributed by atoms with Crippen LogP contribution in [-0.2, 0) is 0 Å². The Morgan fingerprint density at radius 3 is 2.71 bits per heavy atom. The SMILES string of the molecule is CSCC[C@H](CO)NC(=O)c1cnn(-c2ccc(F)cc2F)c1-n1cccc1. The Labute approximate surface area is 165 Å². The Balaban J connectivity index is 2.01. The third-order valence-corrected chi connectivity index (χ3v) is 4.85. The first-order valence-electron chi connectivity index (χ1n) is 8.62. The lowest BCUT2D eigenvalue weighted by molar-refractivity contribution is 0.0915. The largest absolute Gasteiger partial charge is 0.394 e. The molecule has 1 amide bonds. The smallest absolute Gasteiger partial charge is 0.257 e. The van der Waals surface area contributed by atoms with Gasteiger partial charge in [0.25, 0.3) is 5.91 Å². The van der Waals surface area contributed by atoms with Crippen LogP contribution >= 0.6 is 11.8 Å². The van der Waals surface area contributed by atoms with Crippen molar-refractivity contribution in [1.29, 1.82) is 0 Å². The number of aromatic nitrogens is 3. The number of benzene rings is 1. The molecule has 0 unspecified atom stereocenters. The van der Waals surface area contributed by atoms with Crippen LogP contribution in [0.1, 0.15) is 16.8 Å². The second-order valence-electron chi connectivity index (χ2n) is 6.11. The van der Waals surface area contributed by atoms with Crippen LogP contribution in [0.15, 0.2) is 48.9 Å². The average Bonchev–Trinajstić information content (AvgIpc) is 3.34. The number of carbonyl (C=O) groups excluding carboxylic acids is 1. The molecular formula is C19H20F2N4O2S. The molecule has 0 aliphatic rings. The number of hydrogen-bond donors (Lipinski definition) is 2. The molecule has 3 rings (SSSR count). The maximum atomic E-state index is 14.3. The van der Waals surface area contributed by atoms with E-state index in [9.17, 15) is 18.7 Å². The lowest BCUT2D eigenvalue weighted by Gasteiger charge is -2.16. The molecule has 0 radical (unpaired) electrons. The van der Waals surface area contributed by atoms with Crippen molar-refractivity contribution in [2.45, 2.75) is 12.5 Å². The summed E-state index contributed by atoms with van der Waals surface area (Å²) in [5, 5.41) is 16.5. The Morgan fingerprint density at radius 2 is 2.07 bits per heavy atom. The zero-order valence-corrected chi connectivity index (χ0v) is 16.0. The van der Waals surface area contributed by atoms with E-state index in [0.29, 0.717) is 12.2 Å². The predicted octanol–water partition coefficient (Wildman–Crippen LogP) is 2.79. The van der Waals surface area contributed by atoms with Crippen LogP contribution in [0.2, 0.25) is 0 Å². The van der Waals surface area contributed by atoms with Crippen molar-refractivity contribution in [1.82, 2.24) is 19.7 Å². The van der Waals surface area contributed by atoms with Gasteiger partial charge in [0.15, 0.2) is 11.6 Å². The van der Waals surface area contributed by atoms with Gasteiger partial charge in [0.1, 0.15) is 17.1 Å². The van der Waals surface area contributed by atoms with Gasteiger partial charge in [-0.25, -0.2) is 13.5 Å². The van der Waals surface area contributed by atoms with Gasteiger partial charge in [-0.3, -0.25) is 4.79 Å². The average molecular weight is 406 g/mol. The van der Waals surface area contributed by atoms with E-state index >= 15 is 0 Å². The fraction of sp³-hybridized carbons (Fsp3) is 0.263. The van der Waals surface area contributed by atoms with Crippen LogP contribution < -0.4 is 5.32 Å². The summed E-state index contributed by atoms with van der Waals surface area (Å²) in [5.41, 5.74) is 0.229. The number of amides is 1. The van der Waals surface area contributed by atoms with Gasteiger partial charge < -0.3 is 15.0 Å². The zero-order chi connectivity index (χ0) is 20.1. The van der Waals surface area contributed by atoms with Crippen LogP contribution in [0.3, 0.4) is 0 Å². The molecule has 2 aromatic heterocycles. The molecule has 148 valence electrons. The molecule has 0 saturated heterocycles. The van der Waals surface area contributed by atoms with Gasteiger partial charge >= 0.3 is 0 Å². The summed E-state index contributed by atoms with van der Waals surface area (Å²) < 4.78 is 30.5. The molecule has 2 N–H and O–H groups in total. The third kappa shape index (κ3) is 4.26. The van der Waals surface area contributed by atoms with E-state index in [2.05, 4.69) is 10.4 Å². The highest BCUT2D eigenvalue weighted by atomic mass is 32.2. The van der Waals surface area contributed by atoms with E-state index < -0.39 is 23.6 Å². The summed E-state index contributed by atoms with van der Waals surface area (Å²) in [6.07, 6.45) is 7.28. The highest BCUT2D eigenvalue weighted by Crippen LogP contribution is 2.22. The number of rotatable bonds is 8. The lowest BCUT2D eigenvalue weighted by atomic mass is 10.2. The Hall–Kier alpha value is -2.65. The molecule has 0 bridgehead atoms. The van der Waals surface area contributed by atoms with E-state index in [-0.39, 0.29) is 17.9 Å². The minimum absolute atomic E-state index is 0.0187. The van der Waals surface area contributed by atoms with Crippen LogP contribution in [0, 0.1) is 11.6 Å². The summed E-state index contributed by atoms with van der Waals surface area (Å²) in [5.74, 6) is -0.826. The number of thioether (sulfide) groups is 1. The molecule has 0 fully saturated rings. The van der Waals surface area contributed by atoms with Crippen LogP contribution in [0.25, 0.3) is 11.5 Å². The fourth-order valence-corrected chi connectivity index (χ4v) is 3.31. The number of nitrogens with one attached hydrogen (secondary N) is 1. The highest BCUT2D eigenvalue weighted by molar-refractivity contribution is 7.98. The first-order chi connectivity index (χ1) is 13.5. The Bertz CT molecular complexity index is 944. The van der Waals surface area contributed by atoms with Crippen molar-refractivity contribution in [3.63, 3.8) is 0 Å². The Morgan fingerprint density at radius 1 is 1.32 bits per heavy atom. The second kappa shape index (κ2) is 9.03. The standard InChI is InChI=1S/C19H20F2N4O2S/c1-28-9-6-14(12-26)23-18(27)15-11-22-25(19(15)24-7-2-3-8-24)17-5-4-13(20)10-16(17)21/h2-5,7-8,10-11,14,26H,6,9,12H2,1H3,(H,23,27)/t14-/m1/s1. The van der Waals surface area contributed by atoms with Gasteiger partial charge in [-0.15, -0.1) is 0 Å². The van der Waals surface area contributed by atoms with Gasteiger partial charge in [-0.1, -0.05) is 0 Å². The van der Waals surface area contributed by atoms with Gasteiger partial charge in [-0.2, -0.15) is 16.9 Å². The van der Waals surface area contributed by atoms with Gasteiger partial charge in [0, 0.05) is 18.5 Å². The third-order valence-electron chi connectivity index (χ3n) is 4.20. The minimum Gasteiger partial charge on any atom is -0.394 e. The molecule has 0 saturated carbocycles. The minimum atomic E-state index is -0.795. The normalized spacial score (nSPS) is 12.1. The Kier molecular flexibility index (Phi) is 6.48.